The molecule has 4 aliphatic rings. The molecular weight excluding hydrogens is 266 g/mol. The van der Waals surface area contributed by atoms with Crippen molar-refractivity contribution in [3.05, 3.63) is 51.3 Å². The molecule has 0 radical (unpaired) electrons. The van der Waals surface area contributed by atoms with E-state index in [1.54, 1.807) is 9.36 Å². The second kappa shape index (κ2) is 2.80. The van der Waals surface area contributed by atoms with Gasteiger partial charge in [-0.25, -0.2) is 23.5 Å². The van der Waals surface area contributed by atoms with Gasteiger partial charge in [0, 0.05) is 5.92 Å². The summed E-state index contributed by atoms with van der Waals surface area (Å²) in [5.74, 6) is 2.06. The summed E-state index contributed by atoms with van der Waals surface area (Å²) in [5.41, 5.74) is 0.648. The fourth-order valence-corrected chi connectivity index (χ4v) is 6.03. The summed E-state index contributed by atoms with van der Waals surface area (Å²) < 4.78 is 4.90. The molecule has 5 heteroatoms. The van der Waals surface area contributed by atoms with Crippen molar-refractivity contribution in [3.8, 4) is 5.69 Å². The highest BCUT2D eigenvalue weighted by Gasteiger charge is 2.87. The van der Waals surface area contributed by atoms with E-state index in [0.717, 1.165) is 18.3 Å². The normalized spacial score (nSPS) is 43.4. The van der Waals surface area contributed by atoms with E-state index in [2.05, 4.69) is 6.92 Å². The lowest BCUT2D eigenvalue weighted by Gasteiger charge is -2.39. The third kappa shape index (κ3) is 0.836. The maximum Gasteiger partial charge on any atom is 0.352 e. The van der Waals surface area contributed by atoms with Gasteiger partial charge in [0.2, 0.25) is 0 Å². The summed E-state index contributed by atoms with van der Waals surface area (Å²) in [4.78, 5) is 25.7. The SMILES string of the molecule is C[C@@]12[C@H]3[C@H]4[C@@H](C[C@H]31)n1c(=O)n(-c3ccccc3)c(=O)n1[C@H]42. The number of fused-ring (bicyclic) bond motifs is 5. The Balaban J connectivity index is 1.66. The minimum atomic E-state index is -0.158. The lowest BCUT2D eigenvalue weighted by molar-refractivity contribution is 0.0768. The molecule has 0 N–H and O–H groups in total. The molecule has 1 aromatic carbocycles. The topological polar surface area (TPSA) is 48.9 Å². The van der Waals surface area contributed by atoms with E-state index in [4.69, 9.17) is 0 Å². The van der Waals surface area contributed by atoms with Crippen LogP contribution in [0.15, 0.2) is 39.9 Å². The molecule has 21 heavy (non-hydrogen) atoms. The number of hydrogen-bond acceptors (Lipinski definition) is 2. The van der Waals surface area contributed by atoms with Gasteiger partial charge < -0.3 is 0 Å². The molecule has 1 aliphatic heterocycles. The van der Waals surface area contributed by atoms with Crippen LogP contribution < -0.4 is 11.4 Å². The molecule has 6 atom stereocenters. The van der Waals surface area contributed by atoms with Gasteiger partial charge in [-0.2, -0.15) is 0 Å². The number of benzene rings is 1. The van der Waals surface area contributed by atoms with Crippen LogP contribution in [0.5, 0.6) is 0 Å². The second-order valence-electron chi connectivity index (χ2n) is 7.25. The van der Waals surface area contributed by atoms with Crippen molar-refractivity contribution < 1.29 is 0 Å². The van der Waals surface area contributed by atoms with Crippen LogP contribution in [-0.4, -0.2) is 13.9 Å². The molecule has 1 aromatic heterocycles. The van der Waals surface area contributed by atoms with Crippen LogP contribution in [0.2, 0.25) is 0 Å². The van der Waals surface area contributed by atoms with Gasteiger partial charge in [-0.15, -0.1) is 0 Å². The first-order valence-corrected chi connectivity index (χ1v) is 7.67. The molecule has 5 nitrogen and oxygen atoms in total. The molecule has 3 fully saturated rings. The zero-order chi connectivity index (χ0) is 14.1. The number of hydrogen-bond donors (Lipinski definition) is 0. The van der Waals surface area contributed by atoms with Crippen LogP contribution in [-0.2, 0) is 0 Å². The van der Waals surface area contributed by atoms with E-state index in [9.17, 15) is 9.59 Å². The van der Waals surface area contributed by atoms with Crippen LogP contribution >= 0.6 is 0 Å². The third-order valence-corrected chi connectivity index (χ3v) is 6.80. The van der Waals surface area contributed by atoms with Gasteiger partial charge in [0.25, 0.3) is 0 Å². The largest absolute Gasteiger partial charge is 0.352 e. The van der Waals surface area contributed by atoms with Gasteiger partial charge in [0.15, 0.2) is 0 Å². The average molecular weight is 281 g/mol. The van der Waals surface area contributed by atoms with E-state index >= 15 is 0 Å². The molecule has 0 spiro atoms. The minimum absolute atomic E-state index is 0.157. The second-order valence-corrected chi connectivity index (χ2v) is 7.25. The Bertz CT molecular complexity index is 915. The van der Waals surface area contributed by atoms with Crippen molar-refractivity contribution in [3.63, 3.8) is 0 Å². The van der Waals surface area contributed by atoms with Crippen LogP contribution in [0, 0.1) is 23.2 Å². The van der Waals surface area contributed by atoms with Crippen molar-refractivity contribution in [2.24, 2.45) is 23.2 Å². The highest BCUT2D eigenvalue weighted by atomic mass is 16.2. The van der Waals surface area contributed by atoms with Gasteiger partial charge in [-0.3, -0.25) is 0 Å². The number of para-hydroxylation sites is 1. The predicted molar refractivity (Wildman–Crippen MR) is 75.6 cm³/mol. The Labute approximate surface area is 120 Å². The van der Waals surface area contributed by atoms with Crippen molar-refractivity contribution >= 4 is 0 Å². The van der Waals surface area contributed by atoms with Crippen LogP contribution in [0.25, 0.3) is 5.69 Å². The maximum atomic E-state index is 12.8. The highest BCUT2D eigenvalue weighted by Crippen LogP contribution is 2.89. The Morgan fingerprint density at radius 3 is 2.52 bits per heavy atom. The standard InChI is InChI=1S/C16H15N3O2/c1-16-9-7-10-11(12(9)16)13(16)19-15(21)17(14(20)18(10)19)8-5-3-2-4-6-8/h2-6,9-13H,7H2,1H3/t9-,10-,11-,12-,13-,16+/m1/s1. The monoisotopic (exact) mass is 281 g/mol. The van der Waals surface area contributed by atoms with E-state index in [1.807, 2.05) is 30.3 Å². The number of nitrogens with zero attached hydrogens (tertiary/aromatic N) is 3. The Hall–Kier alpha value is -2.04. The molecule has 6 rings (SSSR count). The fraction of sp³-hybridized carbons (Fsp3) is 0.500. The van der Waals surface area contributed by atoms with Crippen LogP contribution in [0.1, 0.15) is 25.4 Å². The number of rotatable bonds is 1. The maximum absolute atomic E-state index is 12.8. The van der Waals surface area contributed by atoms with E-state index < -0.39 is 0 Å². The predicted octanol–water partition coefficient (Wildman–Crippen LogP) is 1.18. The first kappa shape index (κ1) is 10.7. The third-order valence-electron chi connectivity index (χ3n) is 6.80. The lowest BCUT2D eigenvalue weighted by Crippen LogP contribution is -2.42. The summed E-state index contributed by atoms with van der Waals surface area (Å²) in [7, 11) is 0. The van der Waals surface area contributed by atoms with Crippen molar-refractivity contribution in [1.82, 2.24) is 13.9 Å². The molecule has 2 heterocycles. The molecule has 0 bridgehead atoms. The van der Waals surface area contributed by atoms with Crippen LogP contribution in [0.3, 0.4) is 0 Å². The van der Waals surface area contributed by atoms with Crippen molar-refractivity contribution in [2.75, 3.05) is 0 Å². The fourth-order valence-electron chi connectivity index (χ4n) is 6.03. The first-order chi connectivity index (χ1) is 10.2. The molecule has 0 saturated heterocycles. The Morgan fingerprint density at radius 2 is 1.81 bits per heavy atom. The smallest absolute Gasteiger partial charge is 0.245 e. The lowest BCUT2D eigenvalue weighted by atomic mass is 9.66. The first-order valence-electron chi connectivity index (χ1n) is 7.67. The summed E-state index contributed by atoms with van der Waals surface area (Å²) in [6.07, 6.45) is 1.08. The average Bonchev–Trinajstić information content (AvgIpc) is 2.79. The van der Waals surface area contributed by atoms with Gasteiger partial charge in [0.05, 0.1) is 17.8 Å². The molecule has 3 aliphatic carbocycles. The molecule has 3 saturated carbocycles. The van der Waals surface area contributed by atoms with Crippen LogP contribution in [0.4, 0.5) is 0 Å². The summed E-state index contributed by atoms with van der Waals surface area (Å²) in [5, 5.41) is 0. The van der Waals surface area contributed by atoms with Gasteiger partial charge in [-0.1, -0.05) is 25.1 Å². The van der Waals surface area contributed by atoms with E-state index in [-0.39, 0.29) is 23.5 Å². The van der Waals surface area contributed by atoms with E-state index in [1.165, 1.54) is 4.57 Å². The summed E-state index contributed by atoms with van der Waals surface area (Å²) in [6.45, 7) is 2.30. The zero-order valence-corrected chi connectivity index (χ0v) is 11.6. The van der Waals surface area contributed by atoms with Gasteiger partial charge >= 0.3 is 11.4 Å². The zero-order valence-electron chi connectivity index (χ0n) is 11.6. The molecule has 106 valence electrons. The summed E-state index contributed by atoms with van der Waals surface area (Å²) >= 11 is 0. The minimum Gasteiger partial charge on any atom is -0.245 e. The number of aromatic nitrogens is 3. The highest BCUT2D eigenvalue weighted by molar-refractivity contribution is 5.36. The molecule has 0 amide bonds. The summed E-state index contributed by atoms with van der Waals surface area (Å²) in [6, 6.07) is 9.78. The van der Waals surface area contributed by atoms with E-state index in [0.29, 0.717) is 17.0 Å². The van der Waals surface area contributed by atoms with Gasteiger partial charge in [-0.05, 0) is 35.8 Å². The quantitative estimate of drug-likeness (QED) is 0.788. The molecule has 0 unspecified atom stereocenters. The van der Waals surface area contributed by atoms with Crippen molar-refractivity contribution in [1.29, 1.82) is 0 Å². The van der Waals surface area contributed by atoms with Gasteiger partial charge in [0.1, 0.15) is 0 Å². The molecular formula is C16H15N3O2. The Kier molecular flexibility index (Phi) is 1.42. The van der Waals surface area contributed by atoms with Crippen molar-refractivity contribution in [2.45, 2.75) is 25.4 Å². The molecule has 2 aromatic rings. The Morgan fingerprint density at radius 1 is 1.10 bits per heavy atom.